The molecule has 0 bridgehead atoms. The number of urea groups is 1. The fraction of sp³-hybridized carbons (Fsp3) is 0.381. The Morgan fingerprint density at radius 1 is 1.16 bits per heavy atom. The first-order valence-corrected chi connectivity index (χ1v) is 8.81. The Balaban J connectivity index is 1.79. The standard InChI is InChI=1S/C21H26N2O2/c1-21(2)14-12-17-10-7-11-18(25-3)19(17)23(21)20(24)22-15-13-16-8-5-4-6-9-16/h4-11H,12-15H2,1-3H3,(H,22,24). The van der Waals surface area contributed by atoms with Gasteiger partial charge in [-0.2, -0.15) is 0 Å². The number of aryl methyl sites for hydroxylation is 1. The van der Waals surface area contributed by atoms with Crippen LogP contribution in [0.4, 0.5) is 10.5 Å². The number of para-hydroxylation sites is 1. The summed E-state index contributed by atoms with van der Waals surface area (Å²) < 4.78 is 5.54. The number of rotatable bonds is 4. The van der Waals surface area contributed by atoms with Gasteiger partial charge in [0, 0.05) is 12.1 Å². The highest BCUT2D eigenvalue weighted by molar-refractivity contribution is 5.96. The second-order valence-electron chi connectivity index (χ2n) is 7.08. The predicted molar refractivity (Wildman–Crippen MR) is 101 cm³/mol. The van der Waals surface area contributed by atoms with Crippen molar-refractivity contribution in [3.63, 3.8) is 0 Å². The van der Waals surface area contributed by atoms with Crippen LogP contribution in [0.1, 0.15) is 31.4 Å². The Bertz CT molecular complexity index is 727. The molecule has 0 saturated heterocycles. The third kappa shape index (κ3) is 3.63. The summed E-state index contributed by atoms with van der Waals surface area (Å²) in [4.78, 5) is 14.9. The van der Waals surface area contributed by atoms with E-state index in [2.05, 4.69) is 37.4 Å². The van der Waals surface area contributed by atoms with E-state index in [4.69, 9.17) is 4.74 Å². The number of nitrogens with zero attached hydrogens (tertiary/aromatic N) is 1. The van der Waals surface area contributed by atoms with E-state index in [0.717, 1.165) is 36.3 Å². The fourth-order valence-corrected chi connectivity index (χ4v) is 3.46. The van der Waals surface area contributed by atoms with Crippen LogP contribution in [0.3, 0.4) is 0 Å². The van der Waals surface area contributed by atoms with Crippen molar-refractivity contribution >= 4 is 11.7 Å². The second-order valence-corrected chi connectivity index (χ2v) is 7.08. The Morgan fingerprint density at radius 3 is 2.64 bits per heavy atom. The largest absolute Gasteiger partial charge is 0.495 e. The minimum atomic E-state index is -0.252. The summed E-state index contributed by atoms with van der Waals surface area (Å²) in [5.41, 5.74) is 3.03. The van der Waals surface area contributed by atoms with Crippen molar-refractivity contribution in [1.29, 1.82) is 0 Å². The summed E-state index contributed by atoms with van der Waals surface area (Å²) in [6.07, 6.45) is 2.70. The molecule has 25 heavy (non-hydrogen) atoms. The van der Waals surface area contributed by atoms with Crippen molar-refractivity contribution in [3.8, 4) is 5.75 Å². The van der Waals surface area contributed by atoms with Gasteiger partial charge >= 0.3 is 6.03 Å². The molecule has 1 heterocycles. The Labute approximate surface area is 149 Å². The van der Waals surface area contributed by atoms with Crippen LogP contribution in [-0.2, 0) is 12.8 Å². The van der Waals surface area contributed by atoms with Gasteiger partial charge in [-0.15, -0.1) is 0 Å². The third-order valence-electron chi connectivity index (χ3n) is 4.87. The van der Waals surface area contributed by atoms with Crippen molar-refractivity contribution in [3.05, 3.63) is 59.7 Å². The lowest BCUT2D eigenvalue weighted by molar-refractivity contribution is 0.237. The monoisotopic (exact) mass is 338 g/mol. The molecule has 0 spiro atoms. The Hall–Kier alpha value is -2.49. The summed E-state index contributed by atoms with van der Waals surface area (Å²) in [5.74, 6) is 0.753. The Morgan fingerprint density at radius 2 is 1.92 bits per heavy atom. The van der Waals surface area contributed by atoms with Crippen molar-refractivity contribution in [2.24, 2.45) is 0 Å². The lowest BCUT2D eigenvalue weighted by Crippen LogP contribution is -2.55. The number of nitrogens with one attached hydrogen (secondary N) is 1. The minimum Gasteiger partial charge on any atom is -0.495 e. The first-order valence-electron chi connectivity index (χ1n) is 8.81. The number of hydrogen-bond acceptors (Lipinski definition) is 2. The Kier molecular flexibility index (Phi) is 4.98. The molecule has 3 rings (SSSR count). The zero-order chi connectivity index (χ0) is 17.9. The predicted octanol–water partition coefficient (Wildman–Crippen LogP) is 4.18. The van der Waals surface area contributed by atoms with Crippen molar-refractivity contribution in [2.75, 3.05) is 18.6 Å². The lowest BCUT2D eigenvalue weighted by atomic mass is 9.87. The van der Waals surface area contributed by atoms with Crippen molar-refractivity contribution in [1.82, 2.24) is 5.32 Å². The molecular formula is C21H26N2O2. The van der Waals surface area contributed by atoms with Gasteiger partial charge in [0.2, 0.25) is 0 Å². The molecule has 2 aromatic carbocycles. The molecule has 0 saturated carbocycles. The number of carbonyl (C=O) groups excluding carboxylic acids is 1. The molecule has 0 aromatic heterocycles. The van der Waals surface area contributed by atoms with E-state index >= 15 is 0 Å². The molecule has 0 unspecified atom stereocenters. The number of carbonyl (C=O) groups is 1. The first-order chi connectivity index (χ1) is 12.0. The molecule has 0 fully saturated rings. The van der Waals surface area contributed by atoms with Crippen molar-refractivity contribution in [2.45, 2.75) is 38.6 Å². The van der Waals surface area contributed by atoms with Crippen LogP contribution in [0.5, 0.6) is 5.75 Å². The molecule has 1 aliphatic rings. The van der Waals surface area contributed by atoms with Gasteiger partial charge in [-0.3, -0.25) is 4.90 Å². The molecule has 132 valence electrons. The SMILES string of the molecule is COc1cccc2c1N(C(=O)NCCc1ccccc1)C(C)(C)CC2. The molecule has 4 nitrogen and oxygen atoms in total. The molecule has 1 N–H and O–H groups in total. The maximum Gasteiger partial charge on any atom is 0.322 e. The van der Waals surface area contributed by atoms with E-state index in [1.54, 1.807) is 7.11 Å². The fourth-order valence-electron chi connectivity index (χ4n) is 3.46. The highest BCUT2D eigenvalue weighted by atomic mass is 16.5. The van der Waals surface area contributed by atoms with E-state index in [-0.39, 0.29) is 11.6 Å². The van der Waals surface area contributed by atoms with Gasteiger partial charge in [-0.25, -0.2) is 4.79 Å². The second kappa shape index (κ2) is 7.18. The number of fused-ring (bicyclic) bond motifs is 1. The van der Waals surface area contributed by atoms with E-state index in [0.29, 0.717) is 6.54 Å². The van der Waals surface area contributed by atoms with Gasteiger partial charge < -0.3 is 10.1 Å². The average Bonchev–Trinajstić information content (AvgIpc) is 2.61. The highest BCUT2D eigenvalue weighted by Crippen LogP contribution is 2.42. The van der Waals surface area contributed by atoms with Gasteiger partial charge in [0.1, 0.15) is 5.75 Å². The first kappa shape index (κ1) is 17.3. The summed E-state index contributed by atoms with van der Waals surface area (Å²) in [6, 6.07) is 16.1. The maximum atomic E-state index is 13.0. The number of anilines is 1. The normalized spacial score (nSPS) is 15.4. The molecule has 1 aliphatic heterocycles. The number of hydrogen-bond donors (Lipinski definition) is 1. The molecule has 2 amide bonds. The third-order valence-corrected chi connectivity index (χ3v) is 4.87. The van der Waals surface area contributed by atoms with Crippen LogP contribution in [0.15, 0.2) is 48.5 Å². The summed E-state index contributed by atoms with van der Waals surface area (Å²) in [7, 11) is 1.66. The zero-order valence-corrected chi connectivity index (χ0v) is 15.2. The van der Waals surface area contributed by atoms with Gasteiger partial charge in [0.25, 0.3) is 0 Å². The van der Waals surface area contributed by atoms with Crippen LogP contribution >= 0.6 is 0 Å². The van der Waals surface area contributed by atoms with Crippen LogP contribution in [0, 0.1) is 0 Å². The van der Waals surface area contributed by atoms with Crippen LogP contribution in [-0.4, -0.2) is 25.2 Å². The van der Waals surface area contributed by atoms with Crippen LogP contribution < -0.4 is 15.0 Å². The molecule has 4 heteroatoms. The van der Waals surface area contributed by atoms with E-state index < -0.39 is 0 Å². The molecule has 0 aliphatic carbocycles. The average molecular weight is 338 g/mol. The maximum absolute atomic E-state index is 13.0. The topological polar surface area (TPSA) is 41.6 Å². The molecule has 0 radical (unpaired) electrons. The lowest BCUT2D eigenvalue weighted by Gasteiger charge is -2.43. The number of amides is 2. The summed E-state index contributed by atoms with van der Waals surface area (Å²) in [5, 5.41) is 3.08. The summed E-state index contributed by atoms with van der Waals surface area (Å²) in [6.45, 7) is 4.83. The van der Waals surface area contributed by atoms with E-state index in [1.807, 2.05) is 35.2 Å². The smallest absolute Gasteiger partial charge is 0.322 e. The number of methoxy groups -OCH3 is 1. The van der Waals surface area contributed by atoms with Gasteiger partial charge in [-0.1, -0.05) is 42.5 Å². The van der Waals surface area contributed by atoms with Gasteiger partial charge in [0.05, 0.1) is 12.8 Å². The highest BCUT2D eigenvalue weighted by Gasteiger charge is 2.38. The zero-order valence-electron chi connectivity index (χ0n) is 15.2. The molecule has 2 aromatic rings. The molecule has 0 atom stereocenters. The van der Waals surface area contributed by atoms with E-state index in [1.165, 1.54) is 5.56 Å². The molecular weight excluding hydrogens is 312 g/mol. The summed E-state index contributed by atoms with van der Waals surface area (Å²) >= 11 is 0. The quantitative estimate of drug-likeness (QED) is 0.909. The van der Waals surface area contributed by atoms with Gasteiger partial charge in [0.15, 0.2) is 0 Å². The number of benzene rings is 2. The van der Waals surface area contributed by atoms with Crippen LogP contribution in [0.25, 0.3) is 0 Å². The van der Waals surface area contributed by atoms with Crippen molar-refractivity contribution < 1.29 is 9.53 Å². The van der Waals surface area contributed by atoms with Gasteiger partial charge in [-0.05, 0) is 50.3 Å². The number of ether oxygens (including phenoxy) is 1. The van der Waals surface area contributed by atoms with Crippen LogP contribution in [0.2, 0.25) is 0 Å². The minimum absolute atomic E-state index is 0.0635. The van der Waals surface area contributed by atoms with E-state index in [9.17, 15) is 4.79 Å².